The van der Waals surface area contributed by atoms with Gasteiger partial charge < -0.3 is 19.3 Å². The number of halogens is 2. The van der Waals surface area contributed by atoms with Gasteiger partial charge in [0.2, 0.25) is 11.8 Å². The number of hydrogen-bond donors (Lipinski definition) is 2. The number of aromatic hydroxyl groups is 1. The zero-order valence-corrected chi connectivity index (χ0v) is 37.5. The van der Waals surface area contributed by atoms with E-state index in [4.69, 9.17) is 37.4 Å². The van der Waals surface area contributed by atoms with Crippen LogP contribution in [0.15, 0.2) is 133 Å². The molecule has 2 N–H and O–H groups in total. The van der Waals surface area contributed by atoms with Crippen LogP contribution in [-0.4, -0.2) is 55.1 Å². The molecule has 66 heavy (non-hydrogen) atoms. The average Bonchev–Trinajstić information content (AvgIpc) is 3.72. The molecule has 1 saturated carbocycles. The minimum atomic E-state index is -1.64. The Labute approximate surface area is 390 Å². The van der Waals surface area contributed by atoms with E-state index in [1.54, 1.807) is 75.9 Å². The van der Waals surface area contributed by atoms with Crippen LogP contribution in [0.2, 0.25) is 10.0 Å². The van der Waals surface area contributed by atoms with Gasteiger partial charge >= 0.3 is 0 Å². The van der Waals surface area contributed by atoms with Gasteiger partial charge in [0.25, 0.3) is 11.8 Å². The number of carbonyl (C=O) groups is 4. The van der Waals surface area contributed by atoms with Crippen molar-refractivity contribution in [3.05, 3.63) is 165 Å². The number of anilines is 2. The highest BCUT2D eigenvalue weighted by Crippen LogP contribution is 2.65. The van der Waals surface area contributed by atoms with Crippen molar-refractivity contribution in [3.63, 3.8) is 0 Å². The van der Waals surface area contributed by atoms with Gasteiger partial charge in [0, 0.05) is 27.5 Å². The number of methoxy groups -OCH3 is 3. The van der Waals surface area contributed by atoms with Gasteiger partial charge in [0.1, 0.15) is 23.0 Å². The third-order valence-corrected chi connectivity index (χ3v) is 14.4. The van der Waals surface area contributed by atoms with E-state index in [0.717, 1.165) is 21.5 Å². The molecule has 10 rings (SSSR count). The van der Waals surface area contributed by atoms with Crippen molar-refractivity contribution in [3.8, 4) is 23.0 Å². The van der Waals surface area contributed by atoms with Gasteiger partial charge in [0.15, 0.2) is 0 Å². The standard InChI is InChI=1S/C53H43Cl2N3O8/c1-64-35-18-13-32(14-19-35)53-42(50(61)58(52(53)63)56-44-24-15-33(54)27-43(44)55)28-41-38(47(53)40-21-12-30-6-4-5-7-37(30)48(40)59)22-23-39-46(41)51(62)57(49(39)60)34-16-9-29(10-17-34)8-11-31-26-36(65-2)20-25-45(31)66-3/h4-22,24-27,39,41-42,46-47,56,59H,23,28H2,1-3H3. The summed E-state index contributed by atoms with van der Waals surface area (Å²) in [5.41, 5.74) is 5.36. The molecule has 0 bridgehead atoms. The lowest BCUT2D eigenvalue weighted by atomic mass is 9.49. The predicted octanol–water partition coefficient (Wildman–Crippen LogP) is 10.2. The molecule has 0 spiro atoms. The number of hydrogen-bond acceptors (Lipinski definition) is 9. The van der Waals surface area contributed by atoms with E-state index in [1.807, 2.05) is 78.9 Å². The summed E-state index contributed by atoms with van der Waals surface area (Å²) >= 11 is 12.9. The number of hydrazine groups is 1. The number of imide groups is 2. The second-order valence-electron chi connectivity index (χ2n) is 17.0. The third-order valence-electron chi connectivity index (χ3n) is 13.9. The lowest BCUT2D eigenvalue weighted by Crippen LogP contribution is -2.53. The monoisotopic (exact) mass is 919 g/mol. The van der Waals surface area contributed by atoms with E-state index in [-0.39, 0.29) is 41.1 Å². The maximum atomic E-state index is 15.7. The number of benzene rings is 6. The molecule has 6 aromatic carbocycles. The number of allylic oxidation sites excluding steroid dienone is 2. The maximum Gasteiger partial charge on any atom is 0.260 e. The Hall–Kier alpha value is -7.08. The molecule has 4 amide bonds. The lowest BCUT2D eigenvalue weighted by Gasteiger charge is -2.50. The molecule has 3 fully saturated rings. The first-order valence-corrected chi connectivity index (χ1v) is 22.3. The van der Waals surface area contributed by atoms with Crippen LogP contribution in [0.3, 0.4) is 0 Å². The molecule has 6 aromatic rings. The molecular weight excluding hydrogens is 878 g/mol. The Balaban J connectivity index is 1.08. The molecule has 2 aliphatic carbocycles. The van der Waals surface area contributed by atoms with E-state index in [1.165, 1.54) is 11.0 Å². The van der Waals surface area contributed by atoms with Crippen molar-refractivity contribution in [2.45, 2.75) is 24.2 Å². The number of phenols is 1. The quantitative estimate of drug-likeness (QED) is 0.0782. The van der Waals surface area contributed by atoms with Crippen molar-refractivity contribution < 1.29 is 38.5 Å². The molecule has 0 aromatic heterocycles. The van der Waals surface area contributed by atoms with Crippen LogP contribution in [0.4, 0.5) is 11.4 Å². The van der Waals surface area contributed by atoms with Crippen LogP contribution < -0.4 is 24.5 Å². The van der Waals surface area contributed by atoms with Gasteiger partial charge in [-0.2, -0.15) is 5.01 Å². The van der Waals surface area contributed by atoms with Crippen LogP contribution in [0.25, 0.3) is 22.9 Å². The zero-order valence-electron chi connectivity index (χ0n) is 36.0. The summed E-state index contributed by atoms with van der Waals surface area (Å²) < 4.78 is 16.5. The van der Waals surface area contributed by atoms with Gasteiger partial charge in [0.05, 0.1) is 60.9 Å². The van der Waals surface area contributed by atoms with Crippen LogP contribution in [0, 0.1) is 23.7 Å². The van der Waals surface area contributed by atoms with Gasteiger partial charge in [-0.3, -0.25) is 29.5 Å². The summed E-state index contributed by atoms with van der Waals surface area (Å²) in [5, 5.41) is 15.3. The van der Waals surface area contributed by atoms with E-state index in [0.29, 0.717) is 50.0 Å². The van der Waals surface area contributed by atoms with Crippen molar-refractivity contribution in [1.82, 2.24) is 5.01 Å². The Morgan fingerprint density at radius 1 is 0.742 bits per heavy atom. The molecule has 4 aliphatic rings. The summed E-state index contributed by atoms with van der Waals surface area (Å²) in [5.74, 6) is -4.25. The van der Waals surface area contributed by atoms with Crippen molar-refractivity contribution in [2.24, 2.45) is 23.7 Å². The summed E-state index contributed by atoms with van der Waals surface area (Å²) in [7, 11) is 4.74. The molecular formula is C53H43Cl2N3O8. The number of fused-ring (bicyclic) bond motifs is 5. The number of carbonyl (C=O) groups excluding carboxylic acids is 4. The Kier molecular flexibility index (Phi) is 10.9. The predicted molar refractivity (Wildman–Crippen MR) is 254 cm³/mol. The Morgan fingerprint density at radius 3 is 2.21 bits per heavy atom. The number of ether oxygens (including phenoxy) is 3. The number of nitrogens with zero attached hydrogens (tertiary/aromatic N) is 2. The molecule has 0 radical (unpaired) electrons. The van der Waals surface area contributed by atoms with Gasteiger partial charge in [-0.25, -0.2) is 0 Å². The second kappa shape index (κ2) is 16.7. The molecule has 6 atom stereocenters. The van der Waals surface area contributed by atoms with Gasteiger partial charge in [-0.05, 0) is 95.9 Å². The van der Waals surface area contributed by atoms with E-state index >= 15 is 14.4 Å². The number of nitrogens with one attached hydrogen (secondary N) is 1. The summed E-state index contributed by atoms with van der Waals surface area (Å²) in [4.78, 5) is 61.8. The number of rotatable bonds is 10. The van der Waals surface area contributed by atoms with Crippen LogP contribution in [-0.2, 0) is 24.6 Å². The SMILES string of the molecule is COc1ccc(C23C(=O)N(Nc4ccc(Cl)cc4Cl)C(=O)C2CC2C(=CCC4C(=O)N(c5ccc(C=Cc6cc(OC)ccc6OC)cc5)C(=O)C42)C3c2ccc3ccccc3c2O)cc1. The molecule has 2 aliphatic heterocycles. The van der Waals surface area contributed by atoms with Crippen LogP contribution in [0.1, 0.15) is 41.0 Å². The highest BCUT2D eigenvalue weighted by atomic mass is 35.5. The summed E-state index contributed by atoms with van der Waals surface area (Å²) in [6.45, 7) is 0. The Bertz CT molecular complexity index is 3040. The Morgan fingerprint density at radius 2 is 1.48 bits per heavy atom. The first-order valence-electron chi connectivity index (χ1n) is 21.5. The number of amides is 4. The van der Waals surface area contributed by atoms with Crippen LogP contribution >= 0.6 is 23.2 Å². The maximum absolute atomic E-state index is 15.7. The van der Waals surface area contributed by atoms with Gasteiger partial charge in [-0.1, -0.05) is 108 Å². The first kappa shape index (κ1) is 42.8. The molecule has 13 heteroatoms. The van der Waals surface area contributed by atoms with E-state index in [9.17, 15) is 9.90 Å². The fraction of sp³-hybridized carbons (Fsp3) is 0.208. The summed E-state index contributed by atoms with van der Waals surface area (Å²) in [6.07, 6.45) is 6.04. The fourth-order valence-electron chi connectivity index (χ4n) is 10.8. The largest absolute Gasteiger partial charge is 0.507 e. The highest BCUT2D eigenvalue weighted by Gasteiger charge is 2.70. The van der Waals surface area contributed by atoms with Crippen LogP contribution in [0.5, 0.6) is 23.0 Å². The van der Waals surface area contributed by atoms with E-state index in [2.05, 4.69) is 5.43 Å². The average molecular weight is 921 g/mol. The van der Waals surface area contributed by atoms with Gasteiger partial charge in [-0.15, -0.1) is 0 Å². The normalized spacial score (nSPS) is 23.5. The van der Waals surface area contributed by atoms with E-state index < -0.39 is 46.8 Å². The smallest absolute Gasteiger partial charge is 0.260 e. The third kappa shape index (κ3) is 6.71. The van der Waals surface area contributed by atoms with Crippen molar-refractivity contribution >= 4 is 81.1 Å². The first-order chi connectivity index (χ1) is 32.0. The molecule has 2 saturated heterocycles. The lowest BCUT2D eigenvalue weighted by molar-refractivity contribution is -0.138. The molecule has 332 valence electrons. The van der Waals surface area contributed by atoms with Crippen molar-refractivity contribution in [1.29, 1.82) is 0 Å². The topological polar surface area (TPSA) is 135 Å². The molecule has 6 unspecified atom stereocenters. The second-order valence-corrected chi connectivity index (χ2v) is 17.8. The summed E-state index contributed by atoms with van der Waals surface area (Å²) in [6, 6.07) is 35.5. The molecule has 11 nitrogen and oxygen atoms in total. The minimum absolute atomic E-state index is 0.0461. The highest BCUT2D eigenvalue weighted by molar-refractivity contribution is 6.36. The minimum Gasteiger partial charge on any atom is -0.507 e. The number of phenolic OH excluding ortho intramolecular Hbond substituents is 1. The fourth-order valence-corrected chi connectivity index (χ4v) is 11.3. The molecule has 2 heterocycles. The zero-order chi connectivity index (χ0) is 46.0. The van der Waals surface area contributed by atoms with Crippen molar-refractivity contribution in [2.75, 3.05) is 31.7 Å².